The van der Waals surface area contributed by atoms with Gasteiger partial charge in [0.05, 0.1) is 11.3 Å². The van der Waals surface area contributed by atoms with Gasteiger partial charge >= 0.3 is 5.97 Å². The molecule has 0 radical (unpaired) electrons. The molecule has 2 aromatic rings. The second-order valence-corrected chi connectivity index (χ2v) is 6.48. The third-order valence-electron chi connectivity index (χ3n) is 3.36. The fraction of sp³-hybridized carbons (Fsp3) is 0.467. The first kappa shape index (κ1) is 15.7. The van der Waals surface area contributed by atoms with Crippen molar-refractivity contribution in [1.29, 1.82) is 0 Å². The summed E-state index contributed by atoms with van der Waals surface area (Å²) in [5.74, 6) is -0.846. The average Bonchev–Trinajstić information content (AvgIpc) is 2.95. The van der Waals surface area contributed by atoms with E-state index in [2.05, 4.69) is 17.3 Å². The van der Waals surface area contributed by atoms with Crippen LogP contribution in [0, 0.1) is 13.8 Å². The number of hydrogen-bond acceptors (Lipinski definition) is 4. The van der Waals surface area contributed by atoms with Gasteiger partial charge in [-0.15, -0.1) is 11.3 Å². The second-order valence-electron chi connectivity index (χ2n) is 5.05. The van der Waals surface area contributed by atoms with Crippen LogP contribution in [0.4, 0.5) is 0 Å². The summed E-state index contributed by atoms with van der Waals surface area (Å²) < 4.78 is 1.93. The molecule has 0 fully saturated rings. The van der Waals surface area contributed by atoms with Crippen molar-refractivity contribution in [2.45, 2.75) is 46.8 Å². The molecule has 0 aliphatic rings. The highest BCUT2D eigenvalue weighted by Crippen LogP contribution is 2.27. The largest absolute Gasteiger partial charge is 0.478 e. The predicted octanol–water partition coefficient (Wildman–Crippen LogP) is 2.96. The summed E-state index contributed by atoms with van der Waals surface area (Å²) in [7, 11) is 0. The van der Waals surface area contributed by atoms with Gasteiger partial charge in [-0.3, -0.25) is 4.68 Å². The Kier molecular flexibility index (Phi) is 5.14. The SMILES string of the molecule is CCCn1ccc(CNCc2c(C)sc(C)c2C(=O)O)n1. The first-order valence-electron chi connectivity index (χ1n) is 7.08. The van der Waals surface area contributed by atoms with Gasteiger partial charge in [0.25, 0.3) is 0 Å². The number of aromatic nitrogens is 2. The summed E-state index contributed by atoms with van der Waals surface area (Å²) in [6.07, 6.45) is 3.03. The van der Waals surface area contributed by atoms with Crippen LogP contribution in [-0.4, -0.2) is 20.9 Å². The van der Waals surface area contributed by atoms with Crippen LogP contribution in [-0.2, 0) is 19.6 Å². The molecule has 2 aromatic heterocycles. The molecule has 0 saturated carbocycles. The van der Waals surface area contributed by atoms with Crippen LogP contribution in [0.1, 0.15) is 44.7 Å². The number of carbonyl (C=O) groups is 1. The molecule has 2 N–H and O–H groups in total. The quantitative estimate of drug-likeness (QED) is 0.825. The Morgan fingerprint density at radius 3 is 2.81 bits per heavy atom. The van der Waals surface area contributed by atoms with Crippen LogP contribution in [0.3, 0.4) is 0 Å². The maximum atomic E-state index is 11.3. The maximum absolute atomic E-state index is 11.3. The molecular weight excluding hydrogens is 286 g/mol. The van der Waals surface area contributed by atoms with Crippen molar-refractivity contribution in [3.8, 4) is 0 Å². The predicted molar refractivity (Wildman–Crippen MR) is 83.8 cm³/mol. The van der Waals surface area contributed by atoms with Crippen LogP contribution in [0.25, 0.3) is 0 Å². The molecule has 0 saturated heterocycles. The lowest BCUT2D eigenvalue weighted by Gasteiger charge is -2.05. The van der Waals surface area contributed by atoms with Crippen LogP contribution in [0.2, 0.25) is 0 Å². The average molecular weight is 307 g/mol. The number of nitrogens with one attached hydrogen (secondary N) is 1. The third-order valence-corrected chi connectivity index (χ3v) is 4.42. The standard InChI is InChI=1S/C15H21N3O2S/c1-4-6-18-7-5-12(17-18)8-16-9-13-10(2)21-11(3)14(13)15(19)20/h5,7,16H,4,6,8-9H2,1-3H3,(H,19,20). The Bertz CT molecular complexity index is 631. The lowest BCUT2D eigenvalue weighted by atomic mass is 10.1. The minimum Gasteiger partial charge on any atom is -0.478 e. The molecule has 21 heavy (non-hydrogen) atoms. The molecule has 0 aliphatic heterocycles. The summed E-state index contributed by atoms with van der Waals surface area (Å²) >= 11 is 1.54. The van der Waals surface area contributed by atoms with E-state index in [0.717, 1.165) is 34.0 Å². The van der Waals surface area contributed by atoms with E-state index in [-0.39, 0.29) is 0 Å². The van der Waals surface area contributed by atoms with Gasteiger partial charge < -0.3 is 10.4 Å². The molecule has 0 unspecified atom stereocenters. The normalized spacial score (nSPS) is 11.0. The van der Waals surface area contributed by atoms with Crippen molar-refractivity contribution in [1.82, 2.24) is 15.1 Å². The van der Waals surface area contributed by atoms with Crippen molar-refractivity contribution in [3.63, 3.8) is 0 Å². The zero-order valence-electron chi connectivity index (χ0n) is 12.6. The van der Waals surface area contributed by atoms with Crippen LogP contribution in [0.5, 0.6) is 0 Å². The summed E-state index contributed by atoms with van der Waals surface area (Å²) in [5.41, 5.74) is 2.31. The van der Waals surface area contributed by atoms with Crippen molar-refractivity contribution in [3.05, 3.63) is 38.8 Å². The number of carboxylic acid groups (broad SMARTS) is 1. The molecule has 0 spiro atoms. The van der Waals surface area contributed by atoms with Gasteiger partial charge in [0.2, 0.25) is 0 Å². The topological polar surface area (TPSA) is 67.2 Å². The Morgan fingerprint density at radius 2 is 2.14 bits per heavy atom. The van der Waals surface area contributed by atoms with E-state index in [4.69, 9.17) is 0 Å². The molecule has 5 nitrogen and oxygen atoms in total. The fourth-order valence-corrected chi connectivity index (χ4v) is 3.46. The van der Waals surface area contributed by atoms with Gasteiger partial charge in [0.15, 0.2) is 0 Å². The fourth-order valence-electron chi connectivity index (χ4n) is 2.39. The molecule has 0 aromatic carbocycles. The minimum atomic E-state index is -0.846. The highest BCUT2D eigenvalue weighted by atomic mass is 32.1. The first-order valence-corrected chi connectivity index (χ1v) is 7.89. The first-order chi connectivity index (χ1) is 10.0. The molecular formula is C15H21N3O2S. The van der Waals surface area contributed by atoms with Gasteiger partial charge in [0, 0.05) is 35.6 Å². The van der Waals surface area contributed by atoms with Crippen molar-refractivity contribution in [2.24, 2.45) is 0 Å². The van der Waals surface area contributed by atoms with Crippen molar-refractivity contribution < 1.29 is 9.90 Å². The van der Waals surface area contributed by atoms with Gasteiger partial charge in [-0.25, -0.2) is 4.79 Å². The van der Waals surface area contributed by atoms with Crippen LogP contribution in [0.15, 0.2) is 12.3 Å². The van der Waals surface area contributed by atoms with E-state index in [9.17, 15) is 9.90 Å². The molecule has 0 amide bonds. The van der Waals surface area contributed by atoms with Gasteiger partial charge in [0.1, 0.15) is 0 Å². The maximum Gasteiger partial charge on any atom is 0.337 e. The molecule has 114 valence electrons. The number of nitrogens with zero attached hydrogens (tertiary/aromatic N) is 2. The van der Waals surface area contributed by atoms with Crippen LogP contribution >= 0.6 is 11.3 Å². The molecule has 2 rings (SSSR count). The molecule has 0 aliphatic carbocycles. The smallest absolute Gasteiger partial charge is 0.337 e. The van der Waals surface area contributed by atoms with E-state index in [1.54, 1.807) is 11.3 Å². The zero-order chi connectivity index (χ0) is 15.4. The number of thiophene rings is 1. The lowest BCUT2D eigenvalue weighted by molar-refractivity contribution is 0.0695. The van der Waals surface area contributed by atoms with E-state index >= 15 is 0 Å². The highest BCUT2D eigenvalue weighted by Gasteiger charge is 2.18. The van der Waals surface area contributed by atoms with Gasteiger partial charge in [-0.2, -0.15) is 5.10 Å². The van der Waals surface area contributed by atoms with E-state index in [0.29, 0.717) is 18.7 Å². The lowest BCUT2D eigenvalue weighted by Crippen LogP contribution is -2.16. The number of carboxylic acids is 1. The highest BCUT2D eigenvalue weighted by molar-refractivity contribution is 7.12. The van der Waals surface area contributed by atoms with E-state index in [1.807, 2.05) is 30.8 Å². The number of aromatic carboxylic acids is 1. The van der Waals surface area contributed by atoms with Crippen molar-refractivity contribution >= 4 is 17.3 Å². The molecule has 6 heteroatoms. The number of hydrogen-bond donors (Lipinski definition) is 2. The van der Waals surface area contributed by atoms with E-state index in [1.165, 1.54) is 0 Å². The van der Waals surface area contributed by atoms with E-state index < -0.39 is 5.97 Å². The Balaban J connectivity index is 1.98. The van der Waals surface area contributed by atoms with Crippen LogP contribution < -0.4 is 5.32 Å². The third kappa shape index (κ3) is 3.71. The Hall–Kier alpha value is -1.66. The Labute approximate surface area is 128 Å². The van der Waals surface area contributed by atoms with Gasteiger partial charge in [-0.1, -0.05) is 6.92 Å². The molecule has 2 heterocycles. The number of rotatable bonds is 7. The minimum absolute atomic E-state index is 0.446. The molecule has 0 bridgehead atoms. The summed E-state index contributed by atoms with van der Waals surface area (Å²) in [4.78, 5) is 13.3. The van der Waals surface area contributed by atoms with Crippen molar-refractivity contribution in [2.75, 3.05) is 0 Å². The second kappa shape index (κ2) is 6.87. The Morgan fingerprint density at radius 1 is 1.38 bits per heavy atom. The van der Waals surface area contributed by atoms with Gasteiger partial charge in [-0.05, 0) is 31.9 Å². The summed E-state index contributed by atoms with van der Waals surface area (Å²) in [6.45, 7) is 8.07. The summed E-state index contributed by atoms with van der Waals surface area (Å²) in [5, 5.41) is 17.0. The molecule has 0 atom stereocenters. The zero-order valence-corrected chi connectivity index (χ0v) is 13.5. The summed E-state index contributed by atoms with van der Waals surface area (Å²) in [6, 6.07) is 1.99. The number of aryl methyl sites for hydroxylation is 3. The monoisotopic (exact) mass is 307 g/mol.